The summed E-state index contributed by atoms with van der Waals surface area (Å²) in [7, 11) is -5.31. The van der Waals surface area contributed by atoms with E-state index in [0.717, 1.165) is 96.3 Å². The lowest BCUT2D eigenvalue weighted by Gasteiger charge is -2.32. The molecular weight excluding hydrogens is 839 g/mol. The third-order valence-corrected chi connectivity index (χ3v) is 11.9. The number of rotatable bonds is 40. The zero-order valence-corrected chi connectivity index (χ0v) is 39.3. The first kappa shape index (κ1) is 56.4. The number of aldehydes is 1. The molecule has 4 N–H and O–H groups in total. The molecule has 0 aromatic heterocycles. The molecule has 0 aliphatic carbocycles. The smallest absolute Gasteiger partial charge is 0.397 e. The summed E-state index contributed by atoms with van der Waals surface area (Å²) in [5.41, 5.74) is 2.61. The van der Waals surface area contributed by atoms with Crippen molar-refractivity contribution in [2.75, 3.05) is 6.61 Å². The summed E-state index contributed by atoms with van der Waals surface area (Å²) in [4.78, 5) is 52.2. The Kier molecular flexibility index (Phi) is 31.4. The first-order valence-corrected chi connectivity index (χ1v) is 25.5. The van der Waals surface area contributed by atoms with E-state index in [-0.39, 0.29) is 25.5 Å². The van der Waals surface area contributed by atoms with Crippen LogP contribution in [0.25, 0.3) is 0 Å². The predicted octanol–water partition coefficient (Wildman–Crippen LogP) is 9.29. The molecule has 5 unspecified atom stereocenters. The van der Waals surface area contributed by atoms with Crippen molar-refractivity contribution in [1.82, 2.24) is 5.32 Å². The summed E-state index contributed by atoms with van der Waals surface area (Å²) in [6, 6.07) is 18.8. The van der Waals surface area contributed by atoms with Gasteiger partial charge in [-0.1, -0.05) is 170 Å². The summed E-state index contributed by atoms with van der Waals surface area (Å²) in [5.74, 6) is -2.07. The minimum absolute atomic E-state index is 0.126. The topological polar surface area (TPSA) is 203 Å². The second-order valence-electron chi connectivity index (χ2n) is 17.1. The van der Waals surface area contributed by atoms with E-state index in [1.165, 1.54) is 36.8 Å². The molecule has 2 aromatic carbocycles. The van der Waals surface area contributed by atoms with Gasteiger partial charge in [-0.15, -0.1) is 0 Å². The summed E-state index contributed by atoms with van der Waals surface area (Å²) < 4.78 is 49.1. The first-order chi connectivity index (χ1) is 30.9. The number of esters is 2. The third kappa shape index (κ3) is 28.3. The average molecular weight is 918 g/mol. The quantitative estimate of drug-likeness (QED) is 0.0214. The second-order valence-corrected chi connectivity index (χ2v) is 18.1. The maximum absolute atomic E-state index is 13.6. The van der Waals surface area contributed by atoms with Crippen molar-refractivity contribution < 1.29 is 56.0 Å². The summed E-state index contributed by atoms with van der Waals surface area (Å²) >= 11 is 0. The van der Waals surface area contributed by atoms with Gasteiger partial charge in [0.05, 0.1) is 13.0 Å². The standard InChI is InChI=1S/C50H79NO12S/c1-2-3-4-5-6-7-8-15-26-35-43(61-47(56)36-27-16-11-9-13-20-29-41-31-22-18-23-32-41)38-46(55)51-44(39-52)49(50(45(54)40-53)63-64(58,59)60)62-48(57)37-28-17-12-10-14-21-30-42-33-24-19-25-34-42/h18-19,22-25,31-34,39,43-45,49-50,53-54H,2-17,20-21,26-30,35-38,40H2,1H3,(H,51,55)(H,58,59,60). The number of hydrogen-bond acceptors (Lipinski definition) is 11. The lowest BCUT2D eigenvalue weighted by molar-refractivity contribution is -0.164. The van der Waals surface area contributed by atoms with Crippen LogP contribution in [0, 0.1) is 0 Å². The van der Waals surface area contributed by atoms with E-state index in [9.17, 15) is 42.4 Å². The summed E-state index contributed by atoms with van der Waals surface area (Å²) in [6.45, 7) is 1.09. The number of benzene rings is 2. The van der Waals surface area contributed by atoms with Crippen LogP contribution in [0.4, 0.5) is 0 Å². The van der Waals surface area contributed by atoms with E-state index >= 15 is 0 Å². The summed E-state index contributed by atoms with van der Waals surface area (Å²) in [5, 5.41) is 22.7. The molecule has 64 heavy (non-hydrogen) atoms. The Labute approximate surface area is 383 Å². The van der Waals surface area contributed by atoms with E-state index in [4.69, 9.17) is 9.47 Å². The molecule has 14 heteroatoms. The molecular formula is C50H79NO12S. The number of aryl methyl sites for hydroxylation is 2. The Morgan fingerprint density at radius 1 is 0.625 bits per heavy atom. The first-order valence-electron chi connectivity index (χ1n) is 24.1. The summed E-state index contributed by atoms with van der Waals surface area (Å²) in [6.07, 6.45) is 15.7. The number of ether oxygens (including phenoxy) is 2. The van der Waals surface area contributed by atoms with E-state index in [1.54, 1.807) is 0 Å². The molecule has 2 rings (SSSR count). The van der Waals surface area contributed by atoms with Crippen LogP contribution in [-0.4, -0.2) is 84.4 Å². The van der Waals surface area contributed by atoms with Gasteiger partial charge in [-0.3, -0.25) is 18.9 Å². The van der Waals surface area contributed by atoms with E-state index in [0.29, 0.717) is 32.1 Å². The maximum atomic E-state index is 13.6. The second kappa shape index (κ2) is 35.6. The number of aliphatic hydroxyl groups is 2. The number of unbranched alkanes of at least 4 members (excludes halogenated alkanes) is 18. The highest BCUT2D eigenvalue weighted by atomic mass is 32.3. The Hall–Kier alpha value is -3.69. The highest BCUT2D eigenvalue weighted by molar-refractivity contribution is 7.80. The molecule has 362 valence electrons. The van der Waals surface area contributed by atoms with Crippen molar-refractivity contribution in [2.45, 2.75) is 211 Å². The molecule has 0 saturated carbocycles. The Morgan fingerprint density at radius 2 is 1.06 bits per heavy atom. The lowest BCUT2D eigenvalue weighted by atomic mass is 10.0. The molecule has 2 aromatic rings. The minimum Gasteiger partial charge on any atom is -0.462 e. The molecule has 0 spiro atoms. The third-order valence-electron chi connectivity index (χ3n) is 11.4. The number of aliphatic hydroxyl groups excluding tert-OH is 2. The molecule has 0 radical (unpaired) electrons. The van der Waals surface area contributed by atoms with Crippen molar-refractivity contribution in [2.24, 2.45) is 0 Å². The van der Waals surface area contributed by atoms with Gasteiger partial charge >= 0.3 is 22.3 Å². The van der Waals surface area contributed by atoms with E-state index < -0.39 is 65.3 Å². The van der Waals surface area contributed by atoms with Crippen LogP contribution in [0.5, 0.6) is 0 Å². The van der Waals surface area contributed by atoms with Gasteiger partial charge in [0, 0.05) is 12.8 Å². The fourth-order valence-electron chi connectivity index (χ4n) is 7.81. The van der Waals surface area contributed by atoms with Gasteiger partial charge in [0.25, 0.3) is 0 Å². The van der Waals surface area contributed by atoms with Crippen molar-refractivity contribution in [3.63, 3.8) is 0 Å². The van der Waals surface area contributed by atoms with Gasteiger partial charge in [-0.25, -0.2) is 4.18 Å². The van der Waals surface area contributed by atoms with Crippen molar-refractivity contribution in [1.29, 1.82) is 0 Å². The molecule has 5 atom stereocenters. The normalized spacial score (nSPS) is 13.9. The molecule has 0 fully saturated rings. The number of amides is 1. The van der Waals surface area contributed by atoms with E-state index in [1.807, 2.05) is 36.4 Å². The molecule has 13 nitrogen and oxygen atoms in total. The average Bonchev–Trinajstić information content (AvgIpc) is 3.28. The fraction of sp³-hybridized carbons (Fsp3) is 0.680. The van der Waals surface area contributed by atoms with Crippen LogP contribution in [0.1, 0.15) is 179 Å². The van der Waals surface area contributed by atoms with Crippen molar-refractivity contribution >= 4 is 34.5 Å². The van der Waals surface area contributed by atoms with Gasteiger partial charge in [-0.2, -0.15) is 8.42 Å². The highest BCUT2D eigenvalue weighted by Gasteiger charge is 2.41. The molecule has 0 aliphatic heterocycles. The zero-order chi connectivity index (χ0) is 46.7. The molecule has 1 amide bonds. The largest absolute Gasteiger partial charge is 0.462 e. The molecule has 0 bridgehead atoms. The molecule has 0 heterocycles. The van der Waals surface area contributed by atoms with Crippen LogP contribution < -0.4 is 5.32 Å². The fourth-order valence-corrected chi connectivity index (χ4v) is 8.33. The predicted molar refractivity (Wildman–Crippen MR) is 249 cm³/mol. The van der Waals surface area contributed by atoms with Crippen LogP contribution in [0.15, 0.2) is 60.7 Å². The van der Waals surface area contributed by atoms with Crippen LogP contribution in [0.2, 0.25) is 0 Å². The zero-order valence-electron chi connectivity index (χ0n) is 38.5. The van der Waals surface area contributed by atoms with Crippen molar-refractivity contribution in [3.8, 4) is 0 Å². The Bertz CT molecular complexity index is 1630. The number of hydrogen-bond donors (Lipinski definition) is 4. The highest BCUT2D eigenvalue weighted by Crippen LogP contribution is 2.20. The van der Waals surface area contributed by atoms with Crippen molar-refractivity contribution in [3.05, 3.63) is 71.8 Å². The molecule has 0 aliphatic rings. The SMILES string of the molecule is CCCCCCCCCCCC(CC(=O)NC(C=O)C(OC(=O)CCCCCCCCc1ccccc1)C(OS(=O)(=O)O)C(O)CO)OC(=O)CCCCCCCCc1ccccc1. The molecule has 0 saturated heterocycles. The lowest BCUT2D eigenvalue weighted by Crippen LogP contribution is -2.56. The Morgan fingerprint density at radius 3 is 1.52 bits per heavy atom. The van der Waals surface area contributed by atoms with Gasteiger partial charge in [0.1, 0.15) is 30.6 Å². The number of nitrogens with one attached hydrogen (secondary N) is 1. The van der Waals surface area contributed by atoms with Gasteiger partial charge in [0.15, 0.2) is 6.10 Å². The van der Waals surface area contributed by atoms with Crippen LogP contribution in [-0.2, 0) is 56.1 Å². The Balaban J connectivity index is 2.00. The van der Waals surface area contributed by atoms with Crippen LogP contribution in [0.3, 0.4) is 0 Å². The maximum Gasteiger partial charge on any atom is 0.397 e. The van der Waals surface area contributed by atoms with Gasteiger partial charge in [0.2, 0.25) is 5.91 Å². The van der Waals surface area contributed by atoms with E-state index in [2.05, 4.69) is 40.7 Å². The monoisotopic (exact) mass is 918 g/mol. The number of carbonyl (C=O) groups excluding carboxylic acids is 4. The van der Waals surface area contributed by atoms with Gasteiger partial charge in [-0.05, 0) is 62.5 Å². The van der Waals surface area contributed by atoms with Crippen LogP contribution >= 0.6 is 0 Å². The minimum atomic E-state index is -5.31. The van der Waals surface area contributed by atoms with Gasteiger partial charge < -0.3 is 29.8 Å². The number of carbonyl (C=O) groups is 4.